The van der Waals surface area contributed by atoms with Crippen molar-refractivity contribution in [1.82, 2.24) is 4.98 Å². The molecular weight excluding hydrogens is 288 g/mol. The lowest BCUT2D eigenvalue weighted by Crippen LogP contribution is -2.08. The zero-order valence-electron chi connectivity index (χ0n) is 9.57. The largest absolute Gasteiger partial charge is 0.501 e. The average molecular weight is 301 g/mol. The van der Waals surface area contributed by atoms with E-state index in [0.29, 0.717) is 22.2 Å². The van der Waals surface area contributed by atoms with Gasteiger partial charge in [-0.2, -0.15) is 0 Å². The van der Waals surface area contributed by atoms with E-state index in [2.05, 4.69) is 20.9 Å². The Labute approximate surface area is 108 Å². The Hall–Kier alpha value is -1.56. The number of methoxy groups -OCH3 is 1. The third kappa shape index (κ3) is 3.20. The number of nitrogens with zero attached hydrogens (tertiary/aromatic N) is 1. The Bertz CT molecular complexity index is 447. The second-order valence-electron chi connectivity index (χ2n) is 3.03. The lowest BCUT2D eigenvalue weighted by molar-refractivity contribution is 0.0599. The topological polar surface area (TPSA) is 74.4 Å². The van der Waals surface area contributed by atoms with Gasteiger partial charge in [-0.15, -0.1) is 0 Å². The number of rotatable bonds is 4. The van der Waals surface area contributed by atoms with E-state index in [1.807, 2.05) is 6.92 Å². The van der Waals surface area contributed by atoms with E-state index in [9.17, 15) is 4.79 Å². The first-order chi connectivity index (χ1) is 8.11. The van der Waals surface area contributed by atoms with Gasteiger partial charge in [-0.3, -0.25) is 0 Å². The number of carbonyl (C=O) groups is 1. The van der Waals surface area contributed by atoms with E-state index < -0.39 is 5.97 Å². The highest BCUT2D eigenvalue weighted by Crippen LogP contribution is 2.25. The van der Waals surface area contributed by atoms with Gasteiger partial charge >= 0.3 is 5.97 Å². The molecule has 0 saturated heterocycles. The van der Waals surface area contributed by atoms with Gasteiger partial charge in [0.1, 0.15) is 5.82 Å². The van der Waals surface area contributed by atoms with Gasteiger partial charge in [-0.1, -0.05) is 0 Å². The molecule has 1 aromatic heterocycles. The van der Waals surface area contributed by atoms with Crippen LogP contribution < -0.4 is 5.73 Å². The minimum atomic E-state index is -0.484. The van der Waals surface area contributed by atoms with Crippen molar-refractivity contribution < 1.29 is 14.3 Å². The van der Waals surface area contributed by atoms with Crippen molar-refractivity contribution in [3.63, 3.8) is 0 Å². The first-order valence-corrected chi connectivity index (χ1v) is 5.71. The molecule has 6 heteroatoms. The SMILES string of the molecule is CCO/C=C/c1c(N)ncc(Br)c1C(=O)OC. The molecule has 1 aromatic rings. The van der Waals surface area contributed by atoms with Crippen molar-refractivity contribution in [1.29, 1.82) is 0 Å². The van der Waals surface area contributed by atoms with Crippen LogP contribution in [0, 0.1) is 0 Å². The molecule has 0 saturated carbocycles. The van der Waals surface area contributed by atoms with Gasteiger partial charge in [0.25, 0.3) is 0 Å². The van der Waals surface area contributed by atoms with E-state index in [1.54, 1.807) is 6.08 Å². The normalized spacial score (nSPS) is 10.5. The molecule has 0 spiro atoms. The lowest BCUT2D eigenvalue weighted by Gasteiger charge is -2.08. The van der Waals surface area contributed by atoms with Crippen LogP contribution in [0.5, 0.6) is 0 Å². The van der Waals surface area contributed by atoms with Crippen LogP contribution in [0.2, 0.25) is 0 Å². The number of halogens is 1. The summed E-state index contributed by atoms with van der Waals surface area (Å²) in [6.07, 6.45) is 4.51. The third-order valence-electron chi connectivity index (χ3n) is 1.99. The molecule has 92 valence electrons. The fraction of sp³-hybridized carbons (Fsp3) is 0.273. The van der Waals surface area contributed by atoms with Gasteiger partial charge in [0.05, 0.1) is 30.0 Å². The Balaban J connectivity index is 3.24. The summed E-state index contributed by atoms with van der Waals surface area (Å²) >= 11 is 3.24. The maximum absolute atomic E-state index is 11.6. The molecule has 0 aromatic carbocycles. The molecule has 0 aliphatic rings. The molecule has 0 bridgehead atoms. The van der Waals surface area contributed by atoms with E-state index in [0.717, 1.165) is 0 Å². The lowest BCUT2D eigenvalue weighted by atomic mass is 10.1. The number of ether oxygens (including phenoxy) is 2. The van der Waals surface area contributed by atoms with Crippen LogP contribution in [0.3, 0.4) is 0 Å². The van der Waals surface area contributed by atoms with Crippen LogP contribution >= 0.6 is 15.9 Å². The summed E-state index contributed by atoms with van der Waals surface area (Å²) in [5.41, 5.74) is 6.52. The third-order valence-corrected chi connectivity index (χ3v) is 2.59. The number of anilines is 1. The van der Waals surface area contributed by atoms with Crippen LogP contribution in [-0.2, 0) is 9.47 Å². The predicted molar refractivity (Wildman–Crippen MR) is 68.3 cm³/mol. The molecule has 5 nitrogen and oxygen atoms in total. The van der Waals surface area contributed by atoms with Crippen LogP contribution in [0.25, 0.3) is 6.08 Å². The van der Waals surface area contributed by atoms with Gasteiger partial charge in [0, 0.05) is 11.8 Å². The van der Waals surface area contributed by atoms with Crippen molar-refractivity contribution in [2.45, 2.75) is 6.92 Å². The Morgan fingerprint density at radius 3 is 2.94 bits per heavy atom. The Morgan fingerprint density at radius 2 is 2.35 bits per heavy atom. The van der Waals surface area contributed by atoms with Gasteiger partial charge in [0.15, 0.2) is 0 Å². The second kappa shape index (κ2) is 6.24. The number of hydrogen-bond donors (Lipinski definition) is 1. The molecule has 0 radical (unpaired) electrons. The maximum atomic E-state index is 11.6. The highest BCUT2D eigenvalue weighted by atomic mass is 79.9. The monoisotopic (exact) mass is 300 g/mol. The van der Waals surface area contributed by atoms with Crippen LogP contribution in [0.4, 0.5) is 5.82 Å². The average Bonchev–Trinajstić information content (AvgIpc) is 2.33. The number of nitrogen functional groups attached to an aromatic ring is 1. The number of aromatic nitrogens is 1. The summed E-state index contributed by atoms with van der Waals surface area (Å²) in [6, 6.07) is 0. The van der Waals surface area contributed by atoms with Crippen molar-refractivity contribution in [2.75, 3.05) is 19.5 Å². The molecule has 17 heavy (non-hydrogen) atoms. The van der Waals surface area contributed by atoms with E-state index >= 15 is 0 Å². The fourth-order valence-electron chi connectivity index (χ4n) is 1.21. The predicted octanol–water partition coefficient (Wildman–Crippen LogP) is 2.22. The number of hydrogen-bond acceptors (Lipinski definition) is 5. The fourth-order valence-corrected chi connectivity index (χ4v) is 1.69. The van der Waals surface area contributed by atoms with E-state index in [1.165, 1.54) is 19.6 Å². The van der Waals surface area contributed by atoms with Crippen LogP contribution in [-0.4, -0.2) is 24.7 Å². The number of nitrogens with two attached hydrogens (primary N) is 1. The summed E-state index contributed by atoms with van der Waals surface area (Å²) in [5, 5.41) is 0. The first kappa shape index (κ1) is 13.5. The number of carbonyl (C=O) groups excluding carboxylic acids is 1. The van der Waals surface area contributed by atoms with E-state index in [4.69, 9.17) is 15.2 Å². The van der Waals surface area contributed by atoms with Crippen molar-refractivity contribution in [3.05, 3.63) is 28.1 Å². The van der Waals surface area contributed by atoms with E-state index in [-0.39, 0.29) is 5.82 Å². The van der Waals surface area contributed by atoms with Crippen LogP contribution in [0.15, 0.2) is 16.9 Å². The quantitative estimate of drug-likeness (QED) is 0.682. The highest BCUT2D eigenvalue weighted by molar-refractivity contribution is 9.10. The molecule has 0 aliphatic heterocycles. The highest BCUT2D eigenvalue weighted by Gasteiger charge is 2.17. The van der Waals surface area contributed by atoms with Crippen molar-refractivity contribution >= 4 is 33.8 Å². The zero-order chi connectivity index (χ0) is 12.8. The van der Waals surface area contributed by atoms with Gasteiger partial charge in [-0.25, -0.2) is 9.78 Å². The maximum Gasteiger partial charge on any atom is 0.339 e. The smallest absolute Gasteiger partial charge is 0.339 e. The number of esters is 1. The standard InChI is InChI=1S/C11H13BrN2O3/c1-3-17-5-4-7-9(11(15)16-2)8(12)6-14-10(7)13/h4-6H,3H2,1-2H3,(H2,13,14)/b5-4+. The molecular formula is C11H13BrN2O3. The first-order valence-electron chi connectivity index (χ1n) is 4.92. The van der Waals surface area contributed by atoms with Crippen molar-refractivity contribution in [2.24, 2.45) is 0 Å². The van der Waals surface area contributed by atoms with Gasteiger partial charge in [0.2, 0.25) is 0 Å². The zero-order valence-corrected chi connectivity index (χ0v) is 11.2. The molecule has 0 fully saturated rings. The van der Waals surface area contributed by atoms with Gasteiger partial charge in [-0.05, 0) is 28.9 Å². The summed E-state index contributed by atoms with van der Waals surface area (Å²) in [7, 11) is 1.31. The Morgan fingerprint density at radius 1 is 1.65 bits per heavy atom. The molecule has 0 aliphatic carbocycles. The summed E-state index contributed by atoms with van der Waals surface area (Å²) in [4.78, 5) is 15.6. The second-order valence-corrected chi connectivity index (χ2v) is 3.88. The molecule has 0 atom stereocenters. The van der Waals surface area contributed by atoms with Crippen LogP contribution in [0.1, 0.15) is 22.8 Å². The van der Waals surface area contributed by atoms with Gasteiger partial charge < -0.3 is 15.2 Å². The molecule has 2 N–H and O–H groups in total. The molecule has 1 heterocycles. The molecule has 0 unspecified atom stereocenters. The number of pyridine rings is 1. The molecule has 1 rings (SSSR count). The minimum Gasteiger partial charge on any atom is -0.501 e. The summed E-state index contributed by atoms with van der Waals surface area (Å²) in [5.74, 6) is -0.244. The summed E-state index contributed by atoms with van der Waals surface area (Å²) in [6.45, 7) is 2.39. The summed E-state index contributed by atoms with van der Waals surface area (Å²) < 4.78 is 10.3. The Kier molecular flexibility index (Phi) is 4.96. The minimum absolute atomic E-state index is 0.240. The van der Waals surface area contributed by atoms with Crippen molar-refractivity contribution in [3.8, 4) is 0 Å². The molecule has 0 amide bonds.